The largest absolute Gasteiger partial charge is 0.381 e. The number of thioether (sulfide) groups is 1. The highest BCUT2D eigenvalue weighted by atomic mass is 32.2. The van der Waals surface area contributed by atoms with Crippen LogP contribution in [0.2, 0.25) is 0 Å². The zero-order chi connectivity index (χ0) is 14.9. The monoisotopic (exact) mass is 304 g/mol. The highest BCUT2D eigenvalue weighted by molar-refractivity contribution is 7.99. The van der Waals surface area contributed by atoms with Crippen molar-refractivity contribution < 1.29 is 4.79 Å². The van der Waals surface area contributed by atoms with Gasteiger partial charge >= 0.3 is 0 Å². The Hall–Kier alpha value is -1.16. The molecule has 1 saturated heterocycles. The number of hydrogen-bond donors (Lipinski definition) is 2. The highest BCUT2D eigenvalue weighted by Crippen LogP contribution is 2.35. The molecular weight excluding hydrogens is 280 g/mol. The molecule has 0 radical (unpaired) electrons. The molecule has 2 aliphatic rings. The van der Waals surface area contributed by atoms with E-state index in [-0.39, 0.29) is 11.8 Å². The number of nitrogens with one attached hydrogen (secondary N) is 2. The SMILES string of the molecule is CC1(C)CSCC(Nc2cccc(NC(=O)C3CC3)c2)C1. The first-order chi connectivity index (χ1) is 10.0. The molecule has 114 valence electrons. The molecule has 1 aliphatic carbocycles. The fraction of sp³-hybridized carbons (Fsp3) is 0.588. The molecule has 0 spiro atoms. The summed E-state index contributed by atoms with van der Waals surface area (Å²) in [5, 5.41) is 6.64. The van der Waals surface area contributed by atoms with Crippen LogP contribution in [0.5, 0.6) is 0 Å². The standard InChI is InChI=1S/C17H24N2OS/c1-17(2)9-15(10-21-11-17)18-13-4-3-5-14(8-13)19-16(20)12-6-7-12/h3-5,8,12,15,18H,6-7,9-11H2,1-2H3,(H,19,20). The summed E-state index contributed by atoms with van der Waals surface area (Å²) in [7, 11) is 0. The predicted molar refractivity (Wildman–Crippen MR) is 90.9 cm³/mol. The van der Waals surface area contributed by atoms with Crippen molar-refractivity contribution in [1.29, 1.82) is 0 Å². The maximum Gasteiger partial charge on any atom is 0.227 e. The topological polar surface area (TPSA) is 41.1 Å². The number of benzene rings is 1. The molecule has 2 N–H and O–H groups in total. The second kappa shape index (κ2) is 5.91. The molecule has 1 aromatic carbocycles. The second-order valence-electron chi connectivity index (χ2n) is 7.07. The van der Waals surface area contributed by atoms with Crippen LogP contribution in [0.3, 0.4) is 0 Å². The lowest BCUT2D eigenvalue weighted by molar-refractivity contribution is -0.117. The van der Waals surface area contributed by atoms with Crippen LogP contribution in [-0.4, -0.2) is 23.5 Å². The van der Waals surface area contributed by atoms with E-state index >= 15 is 0 Å². The van der Waals surface area contributed by atoms with Crippen LogP contribution >= 0.6 is 11.8 Å². The van der Waals surface area contributed by atoms with Gasteiger partial charge in [0.05, 0.1) is 0 Å². The molecule has 1 atom stereocenters. The Labute approximate surface area is 131 Å². The van der Waals surface area contributed by atoms with Gasteiger partial charge in [-0.2, -0.15) is 11.8 Å². The first-order valence-corrected chi connectivity index (χ1v) is 8.92. The number of hydrogen-bond acceptors (Lipinski definition) is 3. The number of amides is 1. The average molecular weight is 304 g/mol. The van der Waals surface area contributed by atoms with E-state index in [2.05, 4.69) is 30.5 Å². The smallest absolute Gasteiger partial charge is 0.227 e. The van der Waals surface area contributed by atoms with Gasteiger partial charge in [-0.05, 0) is 48.6 Å². The Kier molecular flexibility index (Phi) is 4.16. The fourth-order valence-corrected chi connectivity index (χ4v) is 4.14. The van der Waals surface area contributed by atoms with Crippen molar-refractivity contribution in [3.63, 3.8) is 0 Å². The summed E-state index contributed by atoms with van der Waals surface area (Å²) in [6, 6.07) is 8.61. The fourth-order valence-electron chi connectivity index (χ4n) is 2.87. The first-order valence-electron chi connectivity index (χ1n) is 7.77. The van der Waals surface area contributed by atoms with Gasteiger partial charge in [0, 0.05) is 29.1 Å². The van der Waals surface area contributed by atoms with E-state index in [1.807, 2.05) is 30.0 Å². The molecule has 1 heterocycles. The van der Waals surface area contributed by atoms with Gasteiger partial charge in [0.1, 0.15) is 0 Å². The van der Waals surface area contributed by atoms with Gasteiger partial charge < -0.3 is 10.6 Å². The molecule has 0 bridgehead atoms. The molecule has 21 heavy (non-hydrogen) atoms. The Morgan fingerprint density at radius 1 is 1.29 bits per heavy atom. The van der Waals surface area contributed by atoms with Crippen molar-refractivity contribution in [2.24, 2.45) is 11.3 Å². The molecule has 1 unspecified atom stereocenters. The van der Waals surface area contributed by atoms with Crippen molar-refractivity contribution in [2.75, 3.05) is 22.1 Å². The number of carbonyl (C=O) groups excluding carboxylic acids is 1. The van der Waals surface area contributed by atoms with Gasteiger partial charge in [-0.25, -0.2) is 0 Å². The van der Waals surface area contributed by atoms with Crippen LogP contribution < -0.4 is 10.6 Å². The summed E-state index contributed by atoms with van der Waals surface area (Å²) in [5.41, 5.74) is 2.41. The summed E-state index contributed by atoms with van der Waals surface area (Å²) in [6.07, 6.45) is 3.27. The molecule has 3 rings (SSSR count). The Morgan fingerprint density at radius 3 is 2.76 bits per heavy atom. The van der Waals surface area contributed by atoms with Gasteiger partial charge in [0.2, 0.25) is 5.91 Å². The van der Waals surface area contributed by atoms with E-state index in [4.69, 9.17) is 0 Å². The quantitative estimate of drug-likeness (QED) is 0.884. The summed E-state index contributed by atoms with van der Waals surface area (Å²) in [6.45, 7) is 4.67. The average Bonchev–Trinajstić information content (AvgIpc) is 3.22. The summed E-state index contributed by atoms with van der Waals surface area (Å²) < 4.78 is 0. The van der Waals surface area contributed by atoms with Gasteiger partial charge in [0.15, 0.2) is 0 Å². The minimum atomic E-state index is 0.168. The van der Waals surface area contributed by atoms with Crippen LogP contribution in [0, 0.1) is 11.3 Å². The molecule has 3 nitrogen and oxygen atoms in total. The molecule has 1 amide bonds. The van der Waals surface area contributed by atoms with Crippen LogP contribution in [0.25, 0.3) is 0 Å². The zero-order valence-corrected chi connectivity index (χ0v) is 13.6. The van der Waals surface area contributed by atoms with Crippen molar-refractivity contribution >= 4 is 29.0 Å². The lowest BCUT2D eigenvalue weighted by atomic mass is 9.88. The molecule has 2 fully saturated rings. The van der Waals surface area contributed by atoms with Crippen molar-refractivity contribution in [3.8, 4) is 0 Å². The van der Waals surface area contributed by atoms with Crippen molar-refractivity contribution in [2.45, 2.75) is 39.2 Å². The third-order valence-electron chi connectivity index (χ3n) is 4.06. The third-order valence-corrected chi connectivity index (χ3v) is 5.68. The van der Waals surface area contributed by atoms with Gasteiger partial charge in [-0.1, -0.05) is 19.9 Å². The Balaban J connectivity index is 1.61. The molecule has 4 heteroatoms. The van der Waals surface area contributed by atoms with E-state index in [1.54, 1.807) is 0 Å². The van der Waals surface area contributed by atoms with E-state index in [0.717, 1.165) is 30.0 Å². The molecule has 1 aromatic rings. The number of rotatable bonds is 4. The van der Waals surface area contributed by atoms with E-state index < -0.39 is 0 Å². The highest BCUT2D eigenvalue weighted by Gasteiger charge is 2.30. The first kappa shape index (κ1) is 14.8. The van der Waals surface area contributed by atoms with E-state index in [1.165, 1.54) is 12.2 Å². The van der Waals surface area contributed by atoms with Crippen LogP contribution in [0.15, 0.2) is 24.3 Å². The van der Waals surface area contributed by atoms with Crippen molar-refractivity contribution in [1.82, 2.24) is 0 Å². The predicted octanol–water partition coefficient (Wildman–Crippen LogP) is 3.98. The minimum absolute atomic E-state index is 0.168. The molecule has 0 aromatic heterocycles. The van der Waals surface area contributed by atoms with Gasteiger partial charge in [-0.3, -0.25) is 4.79 Å². The Bertz CT molecular complexity index is 525. The minimum Gasteiger partial charge on any atom is -0.381 e. The number of anilines is 2. The van der Waals surface area contributed by atoms with E-state index in [9.17, 15) is 4.79 Å². The third kappa shape index (κ3) is 4.16. The normalized spacial score (nSPS) is 24.4. The summed E-state index contributed by atoms with van der Waals surface area (Å²) in [4.78, 5) is 11.8. The van der Waals surface area contributed by atoms with Crippen LogP contribution in [0.4, 0.5) is 11.4 Å². The molecule has 1 saturated carbocycles. The second-order valence-corrected chi connectivity index (χ2v) is 8.10. The summed E-state index contributed by atoms with van der Waals surface area (Å²) in [5.74, 6) is 2.81. The Morgan fingerprint density at radius 2 is 2.05 bits per heavy atom. The zero-order valence-electron chi connectivity index (χ0n) is 12.8. The molecular formula is C17H24N2OS. The summed E-state index contributed by atoms with van der Waals surface area (Å²) >= 11 is 2.02. The van der Waals surface area contributed by atoms with Gasteiger partial charge in [0.25, 0.3) is 0 Å². The van der Waals surface area contributed by atoms with Crippen LogP contribution in [0.1, 0.15) is 33.1 Å². The maximum absolute atomic E-state index is 11.8. The van der Waals surface area contributed by atoms with Gasteiger partial charge in [-0.15, -0.1) is 0 Å². The maximum atomic E-state index is 11.8. The number of carbonyl (C=O) groups is 1. The van der Waals surface area contributed by atoms with E-state index in [0.29, 0.717) is 11.5 Å². The lowest BCUT2D eigenvalue weighted by Gasteiger charge is -2.35. The molecule has 1 aliphatic heterocycles. The lowest BCUT2D eigenvalue weighted by Crippen LogP contribution is -2.35. The van der Waals surface area contributed by atoms with Crippen molar-refractivity contribution in [3.05, 3.63) is 24.3 Å². The van der Waals surface area contributed by atoms with Crippen LogP contribution in [-0.2, 0) is 4.79 Å².